The van der Waals surface area contributed by atoms with Crippen LogP contribution in [0.5, 0.6) is 0 Å². The first kappa shape index (κ1) is 12.8. The average Bonchev–Trinajstić information content (AvgIpc) is 2.60. The molecule has 2 rings (SSSR count). The van der Waals surface area contributed by atoms with Crippen molar-refractivity contribution in [2.75, 3.05) is 5.32 Å². The van der Waals surface area contributed by atoms with E-state index in [0.29, 0.717) is 5.13 Å². The zero-order chi connectivity index (χ0) is 12.6. The number of rotatable bonds is 2. The summed E-state index contributed by atoms with van der Waals surface area (Å²) in [6, 6.07) is 3.98. The number of hydrogen-bond donors (Lipinski definition) is 1. The molecule has 0 saturated heterocycles. The molecule has 1 N–H and O–H groups in total. The van der Waals surface area contributed by atoms with Crippen molar-refractivity contribution in [2.24, 2.45) is 0 Å². The van der Waals surface area contributed by atoms with Crippen molar-refractivity contribution in [2.45, 2.75) is 19.2 Å². The topological polar surface area (TPSA) is 42.0 Å². The molecule has 0 aliphatic rings. The second-order valence-corrected chi connectivity index (χ2v) is 6.29. The second-order valence-electron chi connectivity index (χ2n) is 3.69. The van der Waals surface area contributed by atoms with Crippen LogP contribution in [-0.4, -0.2) is 16.3 Å². The molecule has 2 aromatic rings. The van der Waals surface area contributed by atoms with Crippen LogP contribution in [0.4, 0.5) is 5.13 Å². The maximum Gasteiger partial charge on any atom is 0.243 e. The number of nitrogens with one attached hydrogen (secondary N) is 1. The van der Waals surface area contributed by atoms with E-state index in [4.69, 9.17) is 11.6 Å². The second kappa shape index (κ2) is 4.92. The van der Waals surface area contributed by atoms with E-state index in [2.05, 4.69) is 26.2 Å². The number of fused-ring (bicyclic) bond motifs is 1. The maximum absolute atomic E-state index is 11.5. The van der Waals surface area contributed by atoms with Crippen molar-refractivity contribution in [3.05, 3.63) is 22.2 Å². The Kier molecular flexibility index (Phi) is 3.70. The van der Waals surface area contributed by atoms with E-state index in [0.717, 1.165) is 20.3 Å². The molecule has 3 nitrogen and oxygen atoms in total. The highest BCUT2D eigenvalue weighted by Crippen LogP contribution is 2.31. The number of amides is 1. The van der Waals surface area contributed by atoms with E-state index in [9.17, 15) is 4.79 Å². The first-order chi connectivity index (χ1) is 7.97. The van der Waals surface area contributed by atoms with Gasteiger partial charge in [-0.15, -0.1) is 11.6 Å². The van der Waals surface area contributed by atoms with Crippen molar-refractivity contribution in [1.29, 1.82) is 0 Å². The molecule has 1 aromatic carbocycles. The fourth-order valence-corrected chi connectivity index (χ4v) is 3.18. The number of carbonyl (C=O) groups is 1. The molecule has 0 radical (unpaired) electrons. The van der Waals surface area contributed by atoms with Crippen LogP contribution in [0.1, 0.15) is 12.5 Å². The van der Waals surface area contributed by atoms with E-state index < -0.39 is 5.38 Å². The number of carbonyl (C=O) groups excluding carboxylic acids is 1. The number of alkyl halides is 1. The SMILES string of the molecule is Cc1cc(Br)cc2sc(NC(=O)[C@@H](C)Cl)nc12. The number of halogens is 2. The molecule has 0 saturated carbocycles. The summed E-state index contributed by atoms with van der Waals surface area (Å²) >= 11 is 10.6. The number of benzene rings is 1. The van der Waals surface area contributed by atoms with Gasteiger partial charge in [-0.2, -0.15) is 0 Å². The van der Waals surface area contributed by atoms with Gasteiger partial charge in [-0.1, -0.05) is 27.3 Å². The van der Waals surface area contributed by atoms with Crippen LogP contribution in [0.3, 0.4) is 0 Å². The zero-order valence-corrected chi connectivity index (χ0v) is 12.4. The van der Waals surface area contributed by atoms with Gasteiger partial charge < -0.3 is 5.32 Å². The Bertz CT molecular complexity index is 582. The highest BCUT2D eigenvalue weighted by molar-refractivity contribution is 9.10. The van der Waals surface area contributed by atoms with Gasteiger partial charge in [-0.05, 0) is 31.5 Å². The molecule has 1 atom stereocenters. The molecular weight excluding hydrogens is 324 g/mol. The van der Waals surface area contributed by atoms with Crippen molar-refractivity contribution in [1.82, 2.24) is 4.98 Å². The summed E-state index contributed by atoms with van der Waals surface area (Å²) in [6.07, 6.45) is 0. The predicted octanol–water partition coefficient (Wildman–Crippen LogP) is 3.93. The Morgan fingerprint density at radius 2 is 2.29 bits per heavy atom. The summed E-state index contributed by atoms with van der Waals surface area (Å²) in [7, 11) is 0. The Morgan fingerprint density at radius 1 is 1.59 bits per heavy atom. The molecule has 17 heavy (non-hydrogen) atoms. The van der Waals surface area contributed by atoms with Crippen LogP contribution in [-0.2, 0) is 4.79 Å². The fourth-order valence-electron chi connectivity index (χ4n) is 1.41. The molecule has 0 aliphatic heterocycles. The molecule has 1 amide bonds. The molecular formula is C11H10BrClN2OS. The monoisotopic (exact) mass is 332 g/mol. The molecule has 0 unspecified atom stereocenters. The number of aromatic nitrogens is 1. The van der Waals surface area contributed by atoms with Crippen molar-refractivity contribution in [3.63, 3.8) is 0 Å². The van der Waals surface area contributed by atoms with Gasteiger partial charge in [-0.3, -0.25) is 4.79 Å². The lowest BCUT2D eigenvalue weighted by Crippen LogP contribution is -2.19. The minimum atomic E-state index is -0.560. The smallest absolute Gasteiger partial charge is 0.243 e. The third-order valence-corrected chi connectivity index (χ3v) is 3.82. The van der Waals surface area contributed by atoms with Crippen molar-refractivity contribution in [3.8, 4) is 0 Å². The lowest BCUT2D eigenvalue weighted by molar-refractivity contribution is -0.115. The standard InChI is InChI=1S/C11H10BrClN2OS/c1-5-3-7(12)4-8-9(5)14-11(17-8)15-10(16)6(2)13/h3-4,6H,1-2H3,(H,14,15,16)/t6-/m1/s1. The minimum Gasteiger partial charge on any atom is -0.301 e. The predicted molar refractivity (Wildman–Crippen MR) is 76.0 cm³/mol. The van der Waals surface area contributed by atoms with Crippen molar-refractivity contribution >= 4 is 60.1 Å². The van der Waals surface area contributed by atoms with E-state index in [1.54, 1.807) is 6.92 Å². The molecule has 90 valence electrons. The summed E-state index contributed by atoms with van der Waals surface area (Å²) in [5.74, 6) is -0.234. The van der Waals surface area contributed by atoms with Crippen molar-refractivity contribution < 1.29 is 4.79 Å². The summed E-state index contributed by atoms with van der Waals surface area (Å²) in [6.45, 7) is 3.62. The largest absolute Gasteiger partial charge is 0.301 e. The highest BCUT2D eigenvalue weighted by atomic mass is 79.9. The molecule has 1 aromatic heterocycles. The van der Waals surface area contributed by atoms with Gasteiger partial charge in [0.1, 0.15) is 5.38 Å². The number of thiazole rings is 1. The van der Waals surface area contributed by atoms with E-state index >= 15 is 0 Å². The highest BCUT2D eigenvalue weighted by Gasteiger charge is 2.13. The van der Waals surface area contributed by atoms with Gasteiger partial charge in [0.2, 0.25) is 5.91 Å². The van der Waals surface area contributed by atoms with Crippen LogP contribution in [0.25, 0.3) is 10.2 Å². The maximum atomic E-state index is 11.5. The molecule has 0 bridgehead atoms. The third-order valence-electron chi connectivity index (χ3n) is 2.24. The first-order valence-corrected chi connectivity index (χ1v) is 7.03. The number of hydrogen-bond acceptors (Lipinski definition) is 3. The number of nitrogens with zero attached hydrogens (tertiary/aromatic N) is 1. The van der Waals surface area contributed by atoms with Crippen LogP contribution < -0.4 is 5.32 Å². The van der Waals surface area contributed by atoms with Crippen LogP contribution in [0, 0.1) is 6.92 Å². The van der Waals surface area contributed by atoms with Gasteiger partial charge in [-0.25, -0.2) is 4.98 Å². The van der Waals surface area contributed by atoms with Crippen LogP contribution >= 0.6 is 38.9 Å². The summed E-state index contributed by atoms with van der Waals surface area (Å²) < 4.78 is 2.05. The number of anilines is 1. The van der Waals surface area contributed by atoms with Gasteiger partial charge in [0, 0.05) is 4.47 Å². The third kappa shape index (κ3) is 2.78. The zero-order valence-electron chi connectivity index (χ0n) is 9.25. The van der Waals surface area contributed by atoms with Gasteiger partial charge in [0.25, 0.3) is 0 Å². The number of aryl methyl sites for hydroxylation is 1. The quantitative estimate of drug-likeness (QED) is 0.846. The van der Waals surface area contributed by atoms with E-state index in [-0.39, 0.29) is 5.91 Å². The van der Waals surface area contributed by atoms with Gasteiger partial charge in [0.15, 0.2) is 5.13 Å². The fraction of sp³-hybridized carbons (Fsp3) is 0.273. The summed E-state index contributed by atoms with van der Waals surface area (Å²) in [5.41, 5.74) is 1.99. The average molecular weight is 334 g/mol. The van der Waals surface area contributed by atoms with Gasteiger partial charge >= 0.3 is 0 Å². The van der Waals surface area contributed by atoms with E-state index in [1.165, 1.54) is 11.3 Å². The lowest BCUT2D eigenvalue weighted by Gasteiger charge is -2.01. The normalized spacial score (nSPS) is 12.7. The minimum absolute atomic E-state index is 0.234. The molecule has 6 heteroatoms. The first-order valence-electron chi connectivity index (χ1n) is 4.99. The van der Waals surface area contributed by atoms with Gasteiger partial charge in [0.05, 0.1) is 10.2 Å². The van der Waals surface area contributed by atoms with Crippen LogP contribution in [0.15, 0.2) is 16.6 Å². The molecule has 0 fully saturated rings. The molecule has 0 spiro atoms. The molecule has 0 aliphatic carbocycles. The Hall–Kier alpha value is -0.650. The Labute approximate surface area is 116 Å². The molecule has 1 heterocycles. The Balaban J connectivity index is 2.38. The Morgan fingerprint density at radius 3 is 2.94 bits per heavy atom. The van der Waals surface area contributed by atoms with E-state index in [1.807, 2.05) is 19.1 Å². The van der Waals surface area contributed by atoms with Crippen LogP contribution in [0.2, 0.25) is 0 Å². The summed E-state index contributed by atoms with van der Waals surface area (Å²) in [5, 5.41) is 2.72. The lowest BCUT2D eigenvalue weighted by atomic mass is 10.2. The summed E-state index contributed by atoms with van der Waals surface area (Å²) in [4.78, 5) is 15.8.